The van der Waals surface area contributed by atoms with Crippen LogP contribution in [-0.4, -0.2) is 35.0 Å². The molecule has 1 aliphatic rings. The predicted octanol–water partition coefficient (Wildman–Crippen LogP) is 7.82. The third-order valence-electron chi connectivity index (χ3n) is 7.65. The lowest BCUT2D eigenvalue weighted by Gasteiger charge is -2.23. The van der Waals surface area contributed by atoms with E-state index in [9.17, 15) is 9.18 Å². The Morgan fingerprint density at radius 3 is 2.21 bits per heavy atom. The fourth-order valence-electron chi connectivity index (χ4n) is 5.83. The van der Waals surface area contributed by atoms with Crippen LogP contribution in [0, 0.1) is 5.82 Å². The van der Waals surface area contributed by atoms with Crippen LogP contribution in [0.2, 0.25) is 0 Å². The highest BCUT2D eigenvalue weighted by Gasteiger charge is 2.31. The number of aromatic nitrogens is 1. The number of carbonyl (C=O) groups is 1. The van der Waals surface area contributed by atoms with Gasteiger partial charge in [0.05, 0.1) is 11.3 Å². The highest BCUT2D eigenvalue weighted by atomic mass is 19.1. The van der Waals surface area contributed by atoms with E-state index in [4.69, 9.17) is 0 Å². The van der Waals surface area contributed by atoms with E-state index in [1.165, 1.54) is 25.0 Å². The average molecular weight is 510 g/mol. The molecule has 1 unspecified atom stereocenters. The number of rotatable bonds is 8. The first-order valence-electron chi connectivity index (χ1n) is 13.6. The van der Waals surface area contributed by atoms with Crippen LogP contribution in [0.25, 0.3) is 22.4 Å². The molecule has 38 heavy (non-hydrogen) atoms. The van der Waals surface area contributed by atoms with Crippen LogP contribution >= 0.6 is 0 Å². The largest absolute Gasteiger partial charge is 0.343 e. The Morgan fingerprint density at radius 2 is 1.61 bits per heavy atom. The molecule has 1 aliphatic heterocycles. The van der Waals surface area contributed by atoms with Crippen molar-refractivity contribution in [1.82, 2.24) is 9.47 Å². The van der Waals surface area contributed by atoms with Crippen molar-refractivity contribution in [3.63, 3.8) is 0 Å². The molecule has 0 saturated carbocycles. The fraction of sp³-hybridized carbons (Fsp3) is 0.303. The number of halogens is 1. The molecule has 1 fully saturated rings. The molecule has 3 aromatic carbocycles. The molecule has 4 aromatic rings. The Kier molecular flexibility index (Phi) is 7.75. The molecule has 0 spiro atoms. The number of nitrogens with zero attached hydrogens (tertiary/aromatic N) is 2. The maximum atomic E-state index is 14.1. The SMILES string of the molecule is CC(C)c1c(C(=O)Nc2ccccc2)c(-c2ccccc2)c(-c2ccc(F)cc2)n1CCC1CCCN1C. The molecule has 2 heterocycles. The van der Waals surface area contributed by atoms with Gasteiger partial charge in [-0.05, 0) is 86.3 Å². The summed E-state index contributed by atoms with van der Waals surface area (Å²) in [6.07, 6.45) is 3.40. The monoisotopic (exact) mass is 509 g/mol. The van der Waals surface area contributed by atoms with Gasteiger partial charge in [0.15, 0.2) is 0 Å². The van der Waals surface area contributed by atoms with Crippen LogP contribution < -0.4 is 5.32 Å². The summed E-state index contributed by atoms with van der Waals surface area (Å²) in [7, 11) is 2.20. The van der Waals surface area contributed by atoms with E-state index in [1.54, 1.807) is 0 Å². The molecule has 1 N–H and O–H groups in total. The predicted molar refractivity (Wildman–Crippen MR) is 154 cm³/mol. The number of hydrogen-bond acceptors (Lipinski definition) is 2. The van der Waals surface area contributed by atoms with Crippen LogP contribution in [0.1, 0.15) is 55.1 Å². The fourth-order valence-corrected chi connectivity index (χ4v) is 5.83. The van der Waals surface area contributed by atoms with E-state index in [-0.39, 0.29) is 17.6 Å². The smallest absolute Gasteiger partial charge is 0.258 e. The lowest BCUT2D eigenvalue weighted by Crippen LogP contribution is -2.26. The summed E-state index contributed by atoms with van der Waals surface area (Å²) in [5.41, 5.74) is 6.21. The molecule has 0 aliphatic carbocycles. The molecular weight excluding hydrogens is 473 g/mol. The van der Waals surface area contributed by atoms with Crippen molar-refractivity contribution in [3.8, 4) is 22.4 Å². The zero-order valence-corrected chi connectivity index (χ0v) is 22.5. The molecule has 5 heteroatoms. The van der Waals surface area contributed by atoms with Crippen LogP contribution in [0.15, 0.2) is 84.9 Å². The number of nitrogens with one attached hydrogen (secondary N) is 1. The summed E-state index contributed by atoms with van der Waals surface area (Å²) < 4.78 is 16.4. The van der Waals surface area contributed by atoms with Crippen molar-refractivity contribution in [1.29, 1.82) is 0 Å². The van der Waals surface area contributed by atoms with Crippen LogP contribution in [0.5, 0.6) is 0 Å². The molecule has 0 radical (unpaired) electrons. The number of para-hydroxylation sites is 1. The summed E-state index contributed by atoms with van der Waals surface area (Å²) >= 11 is 0. The number of hydrogen-bond donors (Lipinski definition) is 1. The minimum atomic E-state index is -0.271. The maximum Gasteiger partial charge on any atom is 0.258 e. The number of amides is 1. The average Bonchev–Trinajstić information content (AvgIpc) is 3.49. The number of likely N-dealkylation sites (tertiary alicyclic amines) is 1. The van der Waals surface area contributed by atoms with E-state index >= 15 is 0 Å². The van der Waals surface area contributed by atoms with Gasteiger partial charge in [-0.15, -0.1) is 0 Å². The van der Waals surface area contributed by atoms with E-state index in [1.807, 2.05) is 60.7 Å². The van der Waals surface area contributed by atoms with Crippen molar-refractivity contribution >= 4 is 11.6 Å². The second-order valence-corrected chi connectivity index (χ2v) is 10.5. The van der Waals surface area contributed by atoms with Gasteiger partial charge in [0, 0.05) is 29.5 Å². The first kappa shape index (κ1) is 25.9. The lowest BCUT2D eigenvalue weighted by atomic mass is 9.94. The van der Waals surface area contributed by atoms with Gasteiger partial charge in [0.2, 0.25) is 0 Å². The quantitative estimate of drug-likeness (QED) is 0.263. The molecule has 1 aromatic heterocycles. The molecule has 5 rings (SSSR count). The lowest BCUT2D eigenvalue weighted by molar-refractivity contribution is 0.102. The minimum absolute atomic E-state index is 0.101. The number of anilines is 1. The molecular formula is C33H36FN3O. The zero-order chi connectivity index (χ0) is 26.6. The van der Waals surface area contributed by atoms with E-state index in [0.717, 1.165) is 53.3 Å². The van der Waals surface area contributed by atoms with Gasteiger partial charge in [-0.25, -0.2) is 4.39 Å². The first-order chi connectivity index (χ1) is 18.4. The van der Waals surface area contributed by atoms with E-state index in [0.29, 0.717) is 11.6 Å². The van der Waals surface area contributed by atoms with Gasteiger partial charge in [0.25, 0.3) is 5.91 Å². The van der Waals surface area contributed by atoms with Gasteiger partial charge < -0.3 is 14.8 Å². The summed E-state index contributed by atoms with van der Waals surface area (Å²) in [4.78, 5) is 16.5. The van der Waals surface area contributed by atoms with Crippen molar-refractivity contribution in [2.75, 3.05) is 18.9 Å². The Bertz CT molecular complexity index is 1380. The van der Waals surface area contributed by atoms with Crippen LogP contribution in [-0.2, 0) is 6.54 Å². The zero-order valence-electron chi connectivity index (χ0n) is 22.5. The Labute approximate surface area is 225 Å². The van der Waals surface area contributed by atoms with Gasteiger partial charge in [0.1, 0.15) is 5.82 Å². The van der Waals surface area contributed by atoms with Gasteiger partial charge >= 0.3 is 0 Å². The summed E-state index contributed by atoms with van der Waals surface area (Å²) in [5.74, 6) is -0.296. The summed E-state index contributed by atoms with van der Waals surface area (Å²) in [6, 6.07) is 26.9. The van der Waals surface area contributed by atoms with Crippen molar-refractivity contribution in [2.45, 2.75) is 51.6 Å². The molecule has 0 bridgehead atoms. The Hall–Kier alpha value is -3.70. The normalized spacial score (nSPS) is 15.8. The summed E-state index contributed by atoms with van der Waals surface area (Å²) in [6.45, 7) is 6.21. The van der Waals surface area contributed by atoms with E-state index < -0.39 is 0 Å². The first-order valence-corrected chi connectivity index (χ1v) is 13.6. The maximum absolute atomic E-state index is 14.1. The molecule has 4 nitrogen and oxygen atoms in total. The van der Waals surface area contributed by atoms with Crippen molar-refractivity contribution in [3.05, 3.63) is 102 Å². The Morgan fingerprint density at radius 1 is 0.947 bits per heavy atom. The third kappa shape index (κ3) is 5.30. The number of carbonyl (C=O) groups excluding carboxylic acids is 1. The molecule has 196 valence electrons. The highest BCUT2D eigenvalue weighted by molar-refractivity contribution is 6.12. The second-order valence-electron chi connectivity index (χ2n) is 10.5. The standard InChI is InChI=1S/C33H36FN3O/c1-23(2)31-30(33(38)35-27-13-8-5-9-14-27)29(24-11-6-4-7-12-24)32(25-16-18-26(34)19-17-25)37(31)22-20-28-15-10-21-36(28)3/h4-9,11-14,16-19,23,28H,10,15,20-22H2,1-3H3,(H,35,38). The highest BCUT2D eigenvalue weighted by Crippen LogP contribution is 2.42. The third-order valence-corrected chi connectivity index (χ3v) is 7.65. The van der Waals surface area contributed by atoms with Crippen LogP contribution in [0.3, 0.4) is 0 Å². The second kappa shape index (κ2) is 11.4. The molecule has 1 atom stereocenters. The van der Waals surface area contributed by atoms with Gasteiger partial charge in [-0.3, -0.25) is 4.79 Å². The summed E-state index contributed by atoms with van der Waals surface area (Å²) in [5, 5.41) is 3.15. The topological polar surface area (TPSA) is 37.3 Å². The minimum Gasteiger partial charge on any atom is -0.343 e. The van der Waals surface area contributed by atoms with Gasteiger partial charge in [-0.1, -0.05) is 62.4 Å². The number of benzene rings is 3. The van der Waals surface area contributed by atoms with Crippen molar-refractivity contribution in [2.24, 2.45) is 0 Å². The van der Waals surface area contributed by atoms with E-state index in [2.05, 4.69) is 47.8 Å². The van der Waals surface area contributed by atoms with Gasteiger partial charge in [-0.2, -0.15) is 0 Å². The molecule has 1 amide bonds. The van der Waals surface area contributed by atoms with Crippen molar-refractivity contribution < 1.29 is 9.18 Å². The Balaban J connectivity index is 1.74. The molecule has 1 saturated heterocycles. The van der Waals surface area contributed by atoms with Crippen LogP contribution in [0.4, 0.5) is 10.1 Å².